The van der Waals surface area contributed by atoms with Gasteiger partial charge in [0.2, 0.25) is 5.88 Å². The van der Waals surface area contributed by atoms with Crippen LogP contribution in [0.5, 0.6) is 11.6 Å². The molecular weight excluding hydrogens is 496 g/mol. The Bertz CT molecular complexity index is 1340. The lowest BCUT2D eigenvalue weighted by molar-refractivity contribution is -0.0365. The molecule has 1 unspecified atom stereocenters. The van der Waals surface area contributed by atoms with Crippen LogP contribution in [0.25, 0.3) is 22.3 Å². The Morgan fingerprint density at radius 1 is 1.08 bits per heavy atom. The summed E-state index contributed by atoms with van der Waals surface area (Å²) >= 11 is 0. The molecule has 1 saturated heterocycles. The van der Waals surface area contributed by atoms with Crippen LogP contribution in [0, 0.1) is 0 Å². The van der Waals surface area contributed by atoms with E-state index >= 15 is 0 Å². The summed E-state index contributed by atoms with van der Waals surface area (Å²) in [6, 6.07) is 15.4. The summed E-state index contributed by atoms with van der Waals surface area (Å²) in [7, 11) is 0. The Balaban J connectivity index is 1.17. The van der Waals surface area contributed by atoms with E-state index in [1.54, 1.807) is 24.5 Å². The van der Waals surface area contributed by atoms with Gasteiger partial charge in [0.05, 0.1) is 37.2 Å². The van der Waals surface area contributed by atoms with E-state index in [1.807, 2.05) is 35.9 Å². The molecule has 0 aliphatic carbocycles. The molecule has 0 spiro atoms. The van der Waals surface area contributed by atoms with Gasteiger partial charge < -0.3 is 24.1 Å². The quantitative estimate of drug-likeness (QED) is 0.233. The van der Waals surface area contributed by atoms with Crippen molar-refractivity contribution in [1.82, 2.24) is 19.7 Å². The van der Waals surface area contributed by atoms with Crippen molar-refractivity contribution in [2.24, 2.45) is 0 Å². The molecular formula is C30H36N4O5. The van der Waals surface area contributed by atoms with Crippen LogP contribution in [0.4, 0.5) is 0 Å². The highest BCUT2D eigenvalue weighted by Gasteiger charge is 2.23. The first kappa shape index (κ1) is 27.1. The second-order valence-corrected chi connectivity index (χ2v) is 9.96. The molecule has 1 N–H and O–H groups in total. The molecule has 1 aliphatic rings. The molecule has 2 aromatic carbocycles. The zero-order valence-corrected chi connectivity index (χ0v) is 22.5. The fraction of sp³-hybridized carbons (Fsp3) is 0.433. The lowest BCUT2D eigenvalue weighted by Crippen LogP contribution is -2.21. The van der Waals surface area contributed by atoms with Gasteiger partial charge in [0.25, 0.3) is 0 Å². The van der Waals surface area contributed by atoms with Crippen LogP contribution in [0.15, 0.2) is 60.9 Å². The van der Waals surface area contributed by atoms with Gasteiger partial charge in [-0.15, -0.1) is 0 Å². The van der Waals surface area contributed by atoms with Gasteiger partial charge in [0, 0.05) is 18.6 Å². The lowest BCUT2D eigenvalue weighted by Gasteiger charge is -2.23. The van der Waals surface area contributed by atoms with Crippen molar-refractivity contribution in [2.75, 3.05) is 19.8 Å². The predicted octanol–water partition coefficient (Wildman–Crippen LogP) is 5.68. The van der Waals surface area contributed by atoms with Crippen LogP contribution in [-0.4, -0.2) is 56.9 Å². The molecule has 1 fully saturated rings. The van der Waals surface area contributed by atoms with Gasteiger partial charge in [0.1, 0.15) is 23.2 Å². The minimum absolute atomic E-state index is 0.0945. The Labute approximate surface area is 228 Å². The monoisotopic (exact) mass is 532 g/mol. The summed E-state index contributed by atoms with van der Waals surface area (Å²) in [6.07, 6.45) is 6.79. The van der Waals surface area contributed by atoms with Crippen LogP contribution in [-0.2, 0) is 20.8 Å². The number of rotatable bonds is 12. The van der Waals surface area contributed by atoms with Gasteiger partial charge in [-0.2, -0.15) is 5.10 Å². The van der Waals surface area contributed by atoms with E-state index in [9.17, 15) is 5.11 Å². The number of hydrogen-bond donors (Lipinski definition) is 1. The molecule has 3 atom stereocenters. The minimum atomic E-state index is -0.218. The van der Waals surface area contributed by atoms with Crippen molar-refractivity contribution in [1.29, 1.82) is 0 Å². The number of aromatic nitrogens is 4. The molecule has 39 heavy (non-hydrogen) atoms. The van der Waals surface area contributed by atoms with Gasteiger partial charge in [-0.3, -0.25) is 4.98 Å². The molecule has 5 rings (SSSR count). The van der Waals surface area contributed by atoms with Gasteiger partial charge in [0.15, 0.2) is 6.23 Å². The number of phenolic OH excluding ortho intramolecular Hbond substituents is 1. The smallest absolute Gasteiger partial charge is 0.233 e. The Kier molecular flexibility index (Phi) is 9.03. The third kappa shape index (κ3) is 7.11. The average molecular weight is 533 g/mol. The van der Waals surface area contributed by atoms with Crippen LogP contribution >= 0.6 is 0 Å². The Morgan fingerprint density at radius 2 is 1.95 bits per heavy atom. The van der Waals surface area contributed by atoms with Crippen molar-refractivity contribution in [3.8, 4) is 23.0 Å². The average Bonchev–Trinajstić information content (AvgIpc) is 3.34. The summed E-state index contributed by atoms with van der Waals surface area (Å²) in [6.45, 7) is 6.29. The molecule has 206 valence electrons. The fourth-order valence-electron chi connectivity index (χ4n) is 4.61. The third-order valence-electron chi connectivity index (χ3n) is 6.69. The molecule has 0 bridgehead atoms. The predicted molar refractivity (Wildman–Crippen MR) is 147 cm³/mol. The molecule has 3 heterocycles. The highest BCUT2D eigenvalue weighted by molar-refractivity contribution is 5.93. The lowest BCUT2D eigenvalue weighted by atomic mass is 10.1. The highest BCUT2D eigenvalue weighted by atomic mass is 16.5. The molecule has 0 amide bonds. The topological polar surface area (TPSA) is 101 Å². The summed E-state index contributed by atoms with van der Waals surface area (Å²) in [5, 5.41) is 15.8. The number of ether oxygens (including phenoxy) is 4. The van der Waals surface area contributed by atoms with Crippen LogP contribution < -0.4 is 4.74 Å². The second-order valence-electron chi connectivity index (χ2n) is 9.96. The van der Waals surface area contributed by atoms with Crippen LogP contribution in [0.3, 0.4) is 0 Å². The summed E-state index contributed by atoms with van der Waals surface area (Å²) in [5.41, 5.74) is 3.23. The van der Waals surface area contributed by atoms with Crippen molar-refractivity contribution in [3.63, 3.8) is 0 Å². The van der Waals surface area contributed by atoms with E-state index < -0.39 is 0 Å². The van der Waals surface area contributed by atoms with E-state index in [0.29, 0.717) is 43.7 Å². The number of hydrogen-bond acceptors (Lipinski definition) is 8. The molecule has 2 aromatic heterocycles. The largest absolute Gasteiger partial charge is 0.508 e. The number of aromatic hydroxyl groups is 1. The Morgan fingerprint density at radius 3 is 2.77 bits per heavy atom. The summed E-state index contributed by atoms with van der Waals surface area (Å²) < 4.78 is 25.6. The number of nitrogens with zero attached hydrogens (tertiary/aromatic N) is 4. The maximum absolute atomic E-state index is 10.2. The molecule has 1 aliphatic heterocycles. The van der Waals surface area contributed by atoms with Gasteiger partial charge in [-0.05, 0) is 63.3 Å². The van der Waals surface area contributed by atoms with Crippen LogP contribution in [0.2, 0.25) is 0 Å². The zero-order valence-electron chi connectivity index (χ0n) is 22.5. The van der Waals surface area contributed by atoms with E-state index in [1.165, 1.54) is 0 Å². The summed E-state index contributed by atoms with van der Waals surface area (Å²) in [5.74, 6) is 0.554. The standard InChI is InChI=1S/C30H36N4O5/c1-21(38-20-23-8-4-3-5-9-23)13-15-36-19-22(2)39-28-18-31-17-26(32-28)30-25-16-24(35)11-12-27(25)34(33-30)29-10-6-7-14-37-29/h3-5,8-9,11-12,16-18,21-22,29,35H,6-7,10,13-15,19-20H2,1-2H3/t21-,22+,29?/m1/s1. The molecule has 9 nitrogen and oxygen atoms in total. The van der Waals surface area contributed by atoms with Crippen molar-refractivity contribution < 1.29 is 24.1 Å². The first-order valence-corrected chi connectivity index (χ1v) is 13.6. The second kappa shape index (κ2) is 13.0. The van der Waals surface area contributed by atoms with E-state index in [0.717, 1.165) is 42.1 Å². The highest BCUT2D eigenvalue weighted by Crippen LogP contribution is 2.34. The first-order valence-electron chi connectivity index (χ1n) is 13.6. The van der Waals surface area contributed by atoms with Crippen molar-refractivity contribution >= 4 is 10.9 Å². The van der Waals surface area contributed by atoms with E-state index in [-0.39, 0.29) is 24.2 Å². The maximum atomic E-state index is 10.2. The fourth-order valence-corrected chi connectivity index (χ4v) is 4.61. The van der Waals surface area contributed by atoms with E-state index in [2.05, 4.69) is 29.0 Å². The number of benzene rings is 2. The number of phenols is 1. The van der Waals surface area contributed by atoms with Crippen LogP contribution in [0.1, 0.15) is 51.3 Å². The Hall–Kier alpha value is -3.53. The van der Waals surface area contributed by atoms with Crippen molar-refractivity contribution in [3.05, 3.63) is 66.5 Å². The molecule has 0 radical (unpaired) electrons. The van der Waals surface area contributed by atoms with Gasteiger partial charge in [-0.25, -0.2) is 9.67 Å². The van der Waals surface area contributed by atoms with Gasteiger partial charge >= 0.3 is 0 Å². The van der Waals surface area contributed by atoms with Crippen molar-refractivity contribution in [2.45, 2.75) is 64.6 Å². The van der Waals surface area contributed by atoms with E-state index in [4.69, 9.17) is 24.0 Å². The molecule has 0 saturated carbocycles. The maximum Gasteiger partial charge on any atom is 0.233 e. The van der Waals surface area contributed by atoms with Gasteiger partial charge in [-0.1, -0.05) is 30.3 Å². The third-order valence-corrected chi connectivity index (χ3v) is 6.69. The molecule has 9 heteroatoms. The normalized spacial score (nSPS) is 17.2. The minimum Gasteiger partial charge on any atom is -0.508 e. The SMILES string of the molecule is C[C@H](CCOC[C@H](C)Oc1cncc(-c2nn(C3CCCCO3)c3ccc(O)cc23)n1)OCc1ccccc1. The first-order chi connectivity index (χ1) is 19.1. The number of fused-ring (bicyclic) bond motifs is 1. The zero-order chi connectivity index (χ0) is 27.0. The summed E-state index contributed by atoms with van der Waals surface area (Å²) in [4.78, 5) is 9.01. The molecule has 4 aromatic rings.